The lowest BCUT2D eigenvalue weighted by atomic mass is 10.0. The minimum atomic E-state index is 0.0498. The van der Waals surface area contributed by atoms with Gasteiger partial charge in [-0.15, -0.1) is 11.6 Å². The van der Waals surface area contributed by atoms with Gasteiger partial charge < -0.3 is 4.74 Å². The minimum absolute atomic E-state index is 0.0498. The summed E-state index contributed by atoms with van der Waals surface area (Å²) in [5.41, 5.74) is 1.79. The van der Waals surface area contributed by atoms with Crippen LogP contribution in [0, 0.1) is 0 Å². The molecular formula is C13H17ClO2. The molecule has 0 aliphatic rings. The number of ether oxygens (including phenoxy) is 1. The van der Waals surface area contributed by atoms with Crippen molar-refractivity contribution in [3.8, 4) is 5.75 Å². The molecule has 1 rings (SSSR count). The fourth-order valence-corrected chi connectivity index (χ4v) is 1.69. The highest BCUT2D eigenvalue weighted by Crippen LogP contribution is 2.22. The predicted octanol–water partition coefficient (Wildman–Crippen LogP) is 3.46. The number of benzene rings is 1. The monoisotopic (exact) mass is 240 g/mol. The Balaban J connectivity index is 3.04. The van der Waals surface area contributed by atoms with Crippen LogP contribution >= 0.6 is 11.6 Å². The van der Waals surface area contributed by atoms with Crippen LogP contribution in [0.5, 0.6) is 5.75 Å². The van der Waals surface area contributed by atoms with E-state index in [-0.39, 0.29) is 5.78 Å². The Labute approximate surface area is 102 Å². The predicted molar refractivity (Wildman–Crippen MR) is 66.7 cm³/mol. The van der Waals surface area contributed by atoms with E-state index in [0.29, 0.717) is 30.2 Å². The lowest BCUT2D eigenvalue weighted by Gasteiger charge is -2.10. The lowest BCUT2D eigenvalue weighted by Crippen LogP contribution is -2.05. The molecule has 1 aromatic carbocycles. The Morgan fingerprint density at radius 3 is 2.69 bits per heavy atom. The number of hydrogen-bond donors (Lipinski definition) is 0. The van der Waals surface area contributed by atoms with Crippen molar-refractivity contribution in [3.05, 3.63) is 29.3 Å². The van der Waals surface area contributed by atoms with Gasteiger partial charge in [-0.3, -0.25) is 4.79 Å². The number of aryl methyl sites for hydroxylation is 1. The summed E-state index contributed by atoms with van der Waals surface area (Å²) < 4.78 is 5.44. The second kappa shape index (κ2) is 6.54. The molecule has 0 spiro atoms. The molecule has 0 amide bonds. The van der Waals surface area contributed by atoms with Crippen molar-refractivity contribution in [2.45, 2.75) is 26.7 Å². The van der Waals surface area contributed by atoms with E-state index >= 15 is 0 Å². The number of Topliss-reactive ketones (excluding diaryl/α,β-unsaturated/α-hetero) is 1. The molecule has 2 nitrogen and oxygen atoms in total. The van der Waals surface area contributed by atoms with E-state index in [0.717, 1.165) is 12.0 Å². The molecule has 88 valence electrons. The van der Waals surface area contributed by atoms with Gasteiger partial charge in [0.1, 0.15) is 5.75 Å². The Morgan fingerprint density at radius 2 is 2.12 bits per heavy atom. The smallest absolute Gasteiger partial charge is 0.167 e. The maximum absolute atomic E-state index is 11.8. The van der Waals surface area contributed by atoms with Gasteiger partial charge in [0.15, 0.2) is 5.78 Å². The number of alkyl halides is 1. The molecule has 16 heavy (non-hydrogen) atoms. The summed E-state index contributed by atoms with van der Waals surface area (Å²) >= 11 is 5.59. The first kappa shape index (κ1) is 13.0. The number of carbonyl (C=O) groups excluding carboxylic acids is 1. The first-order valence-electron chi connectivity index (χ1n) is 5.57. The summed E-state index contributed by atoms with van der Waals surface area (Å²) in [5, 5.41) is 0. The van der Waals surface area contributed by atoms with Crippen molar-refractivity contribution in [1.29, 1.82) is 0 Å². The van der Waals surface area contributed by atoms with Crippen LogP contribution < -0.4 is 4.74 Å². The second-order valence-electron chi connectivity index (χ2n) is 3.48. The molecule has 0 radical (unpaired) electrons. The van der Waals surface area contributed by atoms with Crippen molar-refractivity contribution >= 4 is 17.4 Å². The highest BCUT2D eigenvalue weighted by molar-refractivity contribution is 6.19. The Kier molecular flexibility index (Phi) is 5.33. The third-order valence-electron chi connectivity index (χ3n) is 2.37. The zero-order chi connectivity index (χ0) is 12.0. The molecule has 0 fully saturated rings. The number of carbonyl (C=O) groups is 1. The van der Waals surface area contributed by atoms with Gasteiger partial charge in [0.25, 0.3) is 0 Å². The van der Waals surface area contributed by atoms with Crippen molar-refractivity contribution in [1.82, 2.24) is 0 Å². The van der Waals surface area contributed by atoms with Gasteiger partial charge in [0.05, 0.1) is 12.2 Å². The highest BCUT2D eigenvalue weighted by atomic mass is 35.5. The summed E-state index contributed by atoms with van der Waals surface area (Å²) in [6, 6.07) is 5.76. The molecule has 0 atom stereocenters. The van der Waals surface area contributed by atoms with Crippen molar-refractivity contribution in [2.24, 2.45) is 0 Å². The molecule has 0 N–H and O–H groups in total. The summed E-state index contributed by atoms with van der Waals surface area (Å²) in [6.45, 7) is 4.53. The molecule has 0 saturated carbocycles. The number of halogens is 1. The van der Waals surface area contributed by atoms with E-state index in [2.05, 4.69) is 6.92 Å². The van der Waals surface area contributed by atoms with Crippen LogP contribution in [-0.2, 0) is 6.42 Å². The van der Waals surface area contributed by atoms with Crippen LogP contribution in [0.2, 0.25) is 0 Å². The van der Waals surface area contributed by atoms with Gasteiger partial charge in [0.2, 0.25) is 0 Å². The molecule has 0 aliphatic carbocycles. The number of ketones is 1. The largest absolute Gasteiger partial charge is 0.493 e. The number of hydrogen-bond acceptors (Lipinski definition) is 2. The molecule has 0 unspecified atom stereocenters. The Morgan fingerprint density at radius 1 is 1.38 bits per heavy atom. The van der Waals surface area contributed by atoms with Crippen molar-refractivity contribution in [2.75, 3.05) is 12.5 Å². The zero-order valence-electron chi connectivity index (χ0n) is 9.75. The summed E-state index contributed by atoms with van der Waals surface area (Å²) in [5.74, 6) is 1.06. The van der Waals surface area contributed by atoms with E-state index in [4.69, 9.17) is 16.3 Å². The van der Waals surface area contributed by atoms with Crippen molar-refractivity contribution < 1.29 is 9.53 Å². The van der Waals surface area contributed by atoms with Gasteiger partial charge in [-0.05, 0) is 31.0 Å². The normalized spacial score (nSPS) is 10.2. The summed E-state index contributed by atoms with van der Waals surface area (Å²) in [4.78, 5) is 11.8. The molecule has 0 saturated heterocycles. The van der Waals surface area contributed by atoms with Gasteiger partial charge >= 0.3 is 0 Å². The average molecular weight is 241 g/mol. The van der Waals surface area contributed by atoms with Crippen LogP contribution in [-0.4, -0.2) is 18.3 Å². The van der Waals surface area contributed by atoms with E-state index in [1.165, 1.54) is 0 Å². The van der Waals surface area contributed by atoms with E-state index < -0.39 is 0 Å². The van der Waals surface area contributed by atoms with Crippen LogP contribution in [0.1, 0.15) is 36.2 Å². The van der Waals surface area contributed by atoms with Crippen molar-refractivity contribution in [3.63, 3.8) is 0 Å². The van der Waals surface area contributed by atoms with Gasteiger partial charge in [0, 0.05) is 12.3 Å². The topological polar surface area (TPSA) is 26.3 Å². The van der Waals surface area contributed by atoms with Crippen LogP contribution in [0.25, 0.3) is 0 Å². The SMILES string of the molecule is CCOc1ccc(CC)cc1C(=O)CCCl. The average Bonchev–Trinajstić information content (AvgIpc) is 2.30. The molecule has 0 bridgehead atoms. The van der Waals surface area contributed by atoms with E-state index in [1.54, 1.807) is 0 Å². The first-order valence-corrected chi connectivity index (χ1v) is 6.11. The second-order valence-corrected chi connectivity index (χ2v) is 3.86. The third-order valence-corrected chi connectivity index (χ3v) is 2.56. The highest BCUT2D eigenvalue weighted by Gasteiger charge is 2.12. The molecular weight excluding hydrogens is 224 g/mol. The van der Waals surface area contributed by atoms with Gasteiger partial charge in [-0.2, -0.15) is 0 Å². The summed E-state index contributed by atoms with van der Waals surface area (Å²) in [6.07, 6.45) is 1.27. The quantitative estimate of drug-likeness (QED) is 0.562. The maximum Gasteiger partial charge on any atom is 0.167 e. The maximum atomic E-state index is 11.8. The minimum Gasteiger partial charge on any atom is -0.493 e. The summed E-state index contributed by atoms with van der Waals surface area (Å²) in [7, 11) is 0. The van der Waals surface area contributed by atoms with Crippen LogP contribution in [0.15, 0.2) is 18.2 Å². The zero-order valence-corrected chi connectivity index (χ0v) is 10.5. The third kappa shape index (κ3) is 3.24. The molecule has 3 heteroatoms. The molecule has 1 aromatic rings. The Hall–Kier alpha value is -1.02. The van der Waals surface area contributed by atoms with E-state index in [9.17, 15) is 4.79 Å². The Bertz CT molecular complexity index is 361. The standard InChI is InChI=1S/C13H17ClO2/c1-3-10-5-6-13(16-4-2)11(9-10)12(15)7-8-14/h5-6,9H,3-4,7-8H2,1-2H3. The van der Waals surface area contributed by atoms with Gasteiger partial charge in [-0.25, -0.2) is 0 Å². The van der Waals surface area contributed by atoms with E-state index in [1.807, 2.05) is 25.1 Å². The van der Waals surface area contributed by atoms with Crippen LogP contribution in [0.3, 0.4) is 0 Å². The molecule has 0 aliphatic heterocycles. The molecule has 0 aromatic heterocycles. The lowest BCUT2D eigenvalue weighted by molar-refractivity contribution is 0.0985. The van der Waals surface area contributed by atoms with Gasteiger partial charge in [-0.1, -0.05) is 13.0 Å². The van der Waals surface area contributed by atoms with Crippen LogP contribution in [0.4, 0.5) is 0 Å². The molecule has 0 heterocycles. The number of rotatable bonds is 6. The fourth-order valence-electron chi connectivity index (χ4n) is 1.52. The first-order chi connectivity index (χ1) is 7.72. The fraction of sp³-hybridized carbons (Fsp3) is 0.462.